The lowest BCUT2D eigenvalue weighted by Crippen LogP contribution is -2.51. The molecule has 3 rings (SSSR count). The first kappa shape index (κ1) is 25.7. The van der Waals surface area contributed by atoms with Crippen LogP contribution in [0.4, 0.5) is 0 Å². The van der Waals surface area contributed by atoms with Crippen LogP contribution >= 0.6 is 24.0 Å². The first-order valence-corrected chi connectivity index (χ1v) is 12.1. The van der Waals surface area contributed by atoms with Crippen LogP contribution in [0.3, 0.4) is 0 Å². The highest BCUT2D eigenvalue weighted by Gasteiger charge is 2.26. The van der Waals surface area contributed by atoms with E-state index in [0.717, 1.165) is 24.5 Å². The molecular formula is C23H44IN5O. The SMILES string of the molecule is CN(C)C(=O)CN=C(NCC1CCCCC1)NC1CCN(C2CCCCC2)CC1.I. The molecule has 0 bridgehead atoms. The number of halogens is 1. The maximum absolute atomic E-state index is 12.0. The van der Waals surface area contributed by atoms with E-state index in [0.29, 0.717) is 6.04 Å². The summed E-state index contributed by atoms with van der Waals surface area (Å²) >= 11 is 0. The smallest absolute Gasteiger partial charge is 0.243 e. The van der Waals surface area contributed by atoms with E-state index >= 15 is 0 Å². The number of likely N-dealkylation sites (tertiary alicyclic amines) is 1. The summed E-state index contributed by atoms with van der Waals surface area (Å²) in [5.74, 6) is 1.63. The van der Waals surface area contributed by atoms with Gasteiger partial charge < -0.3 is 20.4 Å². The van der Waals surface area contributed by atoms with Crippen molar-refractivity contribution < 1.29 is 4.79 Å². The summed E-state index contributed by atoms with van der Waals surface area (Å²) in [7, 11) is 3.59. The van der Waals surface area contributed by atoms with Crippen LogP contribution in [0.1, 0.15) is 77.0 Å². The molecule has 3 fully saturated rings. The number of guanidine groups is 1. The van der Waals surface area contributed by atoms with Gasteiger partial charge in [-0.1, -0.05) is 38.5 Å². The van der Waals surface area contributed by atoms with Crippen molar-refractivity contribution in [1.29, 1.82) is 0 Å². The largest absolute Gasteiger partial charge is 0.356 e. The second-order valence-electron chi connectivity index (χ2n) is 9.58. The Bertz CT molecular complexity index is 522. The Balaban J connectivity index is 0.00000320. The topological polar surface area (TPSA) is 60.0 Å². The van der Waals surface area contributed by atoms with Crippen molar-refractivity contribution in [1.82, 2.24) is 20.4 Å². The van der Waals surface area contributed by atoms with Gasteiger partial charge >= 0.3 is 0 Å². The molecule has 7 heteroatoms. The van der Waals surface area contributed by atoms with Gasteiger partial charge in [0.1, 0.15) is 6.54 Å². The molecule has 1 amide bonds. The fourth-order valence-electron chi connectivity index (χ4n) is 5.12. The standard InChI is InChI=1S/C23H43N5O.HI/c1-27(2)22(29)18-25-23(24-17-19-9-5-3-6-10-19)26-20-13-15-28(16-14-20)21-11-7-4-8-12-21;/h19-21H,3-18H2,1-2H3,(H2,24,25,26);1H. The van der Waals surface area contributed by atoms with Crippen LogP contribution in [-0.2, 0) is 4.79 Å². The molecule has 1 heterocycles. The van der Waals surface area contributed by atoms with Crippen molar-refractivity contribution in [2.45, 2.75) is 89.1 Å². The summed E-state index contributed by atoms with van der Waals surface area (Å²) in [6.45, 7) is 3.57. The number of likely N-dealkylation sites (N-methyl/N-ethyl adjacent to an activating group) is 1. The van der Waals surface area contributed by atoms with Gasteiger partial charge in [-0.05, 0) is 44.4 Å². The molecule has 6 nitrogen and oxygen atoms in total. The Labute approximate surface area is 201 Å². The van der Waals surface area contributed by atoms with E-state index in [1.165, 1.54) is 90.1 Å². The van der Waals surface area contributed by atoms with E-state index in [1.807, 2.05) is 0 Å². The molecule has 2 aliphatic carbocycles. The molecule has 174 valence electrons. The van der Waals surface area contributed by atoms with Crippen molar-refractivity contribution in [3.05, 3.63) is 0 Å². The van der Waals surface area contributed by atoms with Gasteiger partial charge in [0.2, 0.25) is 5.91 Å². The second kappa shape index (κ2) is 13.8. The maximum atomic E-state index is 12.0. The number of carbonyl (C=O) groups excluding carboxylic acids is 1. The Morgan fingerprint density at radius 2 is 1.53 bits per heavy atom. The zero-order chi connectivity index (χ0) is 20.5. The van der Waals surface area contributed by atoms with E-state index in [1.54, 1.807) is 19.0 Å². The highest BCUT2D eigenvalue weighted by atomic mass is 127. The predicted octanol–water partition coefficient (Wildman–Crippen LogP) is 3.61. The van der Waals surface area contributed by atoms with Crippen LogP contribution in [0.2, 0.25) is 0 Å². The van der Waals surface area contributed by atoms with Gasteiger partial charge in [-0.25, -0.2) is 4.99 Å². The third-order valence-corrected chi connectivity index (χ3v) is 7.12. The Hall–Kier alpha value is -0.570. The summed E-state index contributed by atoms with van der Waals surface area (Å²) in [5.41, 5.74) is 0. The Morgan fingerprint density at radius 1 is 0.933 bits per heavy atom. The average Bonchev–Trinajstić information content (AvgIpc) is 2.77. The minimum atomic E-state index is 0. The van der Waals surface area contributed by atoms with Crippen LogP contribution in [0.25, 0.3) is 0 Å². The lowest BCUT2D eigenvalue weighted by atomic mass is 9.89. The number of rotatable bonds is 6. The van der Waals surface area contributed by atoms with Crippen LogP contribution in [-0.4, -0.2) is 74.0 Å². The predicted molar refractivity (Wildman–Crippen MR) is 136 cm³/mol. The number of piperidine rings is 1. The summed E-state index contributed by atoms with van der Waals surface area (Å²) < 4.78 is 0. The zero-order valence-electron chi connectivity index (χ0n) is 19.2. The Kier molecular flexibility index (Phi) is 11.8. The molecule has 0 aromatic carbocycles. The van der Waals surface area contributed by atoms with Crippen molar-refractivity contribution in [3.63, 3.8) is 0 Å². The number of amides is 1. The number of nitrogens with zero attached hydrogens (tertiary/aromatic N) is 3. The number of hydrogen-bond donors (Lipinski definition) is 2. The van der Waals surface area contributed by atoms with Gasteiger partial charge in [-0.15, -0.1) is 24.0 Å². The zero-order valence-corrected chi connectivity index (χ0v) is 21.5. The quantitative estimate of drug-likeness (QED) is 0.311. The number of carbonyl (C=O) groups is 1. The molecule has 0 spiro atoms. The van der Waals surface area contributed by atoms with Crippen molar-refractivity contribution in [2.24, 2.45) is 10.9 Å². The molecule has 0 radical (unpaired) electrons. The molecule has 30 heavy (non-hydrogen) atoms. The molecule has 1 aliphatic heterocycles. The summed E-state index contributed by atoms with van der Waals surface area (Å²) in [6, 6.07) is 1.28. The fourth-order valence-corrected chi connectivity index (χ4v) is 5.12. The van der Waals surface area contributed by atoms with Gasteiger partial charge in [-0.2, -0.15) is 0 Å². The lowest BCUT2D eigenvalue weighted by Gasteiger charge is -2.39. The molecule has 2 N–H and O–H groups in total. The molecule has 0 aromatic heterocycles. The van der Waals surface area contributed by atoms with E-state index < -0.39 is 0 Å². The van der Waals surface area contributed by atoms with Crippen molar-refractivity contribution in [3.8, 4) is 0 Å². The van der Waals surface area contributed by atoms with Crippen molar-refractivity contribution >= 4 is 35.8 Å². The Morgan fingerprint density at radius 3 is 2.13 bits per heavy atom. The van der Waals surface area contributed by atoms with Gasteiger partial charge in [0.05, 0.1) is 0 Å². The highest BCUT2D eigenvalue weighted by molar-refractivity contribution is 14.0. The number of aliphatic imine (C=N–C) groups is 1. The van der Waals surface area contributed by atoms with Crippen molar-refractivity contribution in [2.75, 3.05) is 40.3 Å². The molecule has 0 atom stereocenters. The average molecular weight is 534 g/mol. The maximum Gasteiger partial charge on any atom is 0.243 e. The highest BCUT2D eigenvalue weighted by Crippen LogP contribution is 2.25. The summed E-state index contributed by atoms with van der Waals surface area (Å²) in [6.07, 6.45) is 16.1. The third-order valence-electron chi connectivity index (χ3n) is 7.12. The number of nitrogens with one attached hydrogen (secondary N) is 2. The second-order valence-corrected chi connectivity index (χ2v) is 9.58. The molecule has 0 unspecified atom stereocenters. The molecule has 3 aliphatic rings. The van der Waals surface area contributed by atoms with E-state index in [9.17, 15) is 4.79 Å². The normalized spacial score (nSPS) is 22.9. The van der Waals surface area contributed by atoms with Gasteiger partial charge in [0, 0.05) is 45.8 Å². The molecular weight excluding hydrogens is 489 g/mol. The molecule has 1 saturated heterocycles. The minimum Gasteiger partial charge on any atom is -0.356 e. The van der Waals surface area contributed by atoms with Gasteiger partial charge in [0.25, 0.3) is 0 Å². The van der Waals surface area contributed by atoms with E-state index in [2.05, 4.69) is 20.5 Å². The lowest BCUT2D eigenvalue weighted by molar-refractivity contribution is -0.127. The van der Waals surface area contributed by atoms with Gasteiger partial charge in [-0.3, -0.25) is 4.79 Å². The van der Waals surface area contributed by atoms with E-state index in [4.69, 9.17) is 0 Å². The van der Waals surface area contributed by atoms with Crippen LogP contribution < -0.4 is 10.6 Å². The first-order valence-electron chi connectivity index (χ1n) is 12.1. The monoisotopic (exact) mass is 533 g/mol. The molecule has 2 saturated carbocycles. The van der Waals surface area contributed by atoms with Crippen LogP contribution in [0.5, 0.6) is 0 Å². The minimum absolute atomic E-state index is 0. The summed E-state index contributed by atoms with van der Waals surface area (Å²) in [5, 5.41) is 7.21. The van der Waals surface area contributed by atoms with Crippen LogP contribution in [0, 0.1) is 5.92 Å². The molecule has 0 aromatic rings. The first-order chi connectivity index (χ1) is 14.1. The fraction of sp³-hybridized carbons (Fsp3) is 0.913. The third kappa shape index (κ3) is 8.52. The van der Waals surface area contributed by atoms with E-state index in [-0.39, 0.29) is 36.4 Å². The summed E-state index contributed by atoms with van der Waals surface area (Å²) in [4.78, 5) is 21.0. The van der Waals surface area contributed by atoms with Gasteiger partial charge in [0.15, 0.2) is 5.96 Å². The van der Waals surface area contributed by atoms with Crippen LogP contribution in [0.15, 0.2) is 4.99 Å². The number of hydrogen-bond acceptors (Lipinski definition) is 3.